The maximum absolute atomic E-state index is 9.32. The molecule has 64 valence electrons. The SMILES string of the molecule is COc1cccc2c1COC2O. The molecule has 1 aromatic rings. The second-order valence-electron chi connectivity index (χ2n) is 2.69. The molecule has 1 aliphatic heterocycles. The molecule has 0 radical (unpaired) electrons. The van der Waals surface area contributed by atoms with Crippen molar-refractivity contribution in [3.8, 4) is 5.75 Å². The first-order valence-corrected chi connectivity index (χ1v) is 3.78. The van der Waals surface area contributed by atoms with Gasteiger partial charge in [0.1, 0.15) is 5.75 Å². The Hall–Kier alpha value is -1.06. The van der Waals surface area contributed by atoms with Crippen LogP contribution in [0.15, 0.2) is 18.2 Å². The number of methoxy groups -OCH3 is 1. The first-order chi connectivity index (χ1) is 5.83. The molecule has 1 unspecified atom stereocenters. The number of ether oxygens (including phenoxy) is 2. The lowest BCUT2D eigenvalue weighted by Crippen LogP contribution is -1.92. The van der Waals surface area contributed by atoms with E-state index in [1.165, 1.54) is 0 Å². The standard InChI is InChI=1S/C9H10O3/c1-11-8-4-2-3-6-7(8)5-12-9(6)10/h2-4,9-10H,5H2,1H3. The highest BCUT2D eigenvalue weighted by atomic mass is 16.6. The molecule has 0 aliphatic carbocycles. The van der Waals surface area contributed by atoms with Crippen molar-refractivity contribution >= 4 is 0 Å². The van der Waals surface area contributed by atoms with Gasteiger partial charge < -0.3 is 14.6 Å². The molecule has 0 amide bonds. The number of rotatable bonds is 1. The first kappa shape index (κ1) is 7.58. The van der Waals surface area contributed by atoms with E-state index in [4.69, 9.17) is 9.47 Å². The lowest BCUT2D eigenvalue weighted by molar-refractivity contribution is -0.0919. The van der Waals surface area contributed by atoms with Gasteiger partial charge >= 0.3 is 0 Å². The fourth-order valence-corrected chi connectivity index (χ4v) is 1.41. The predicted molar refractivity (Wildman–Crippen MR) is 42.7 cm³/mol. The van der Waals surface area contributed by atoms with Gasteiger partial charge in [0.15, 0.2) is 6.29 Å². The van der Waals surface area contributed by atoms with Gasteiger partial charge in [0.05, 0.1) is 13.7 Å². The minimum absolute atomic E-state index is 0.431. The van der Waals surface area contributed by atoms with E-state index in [2.05, 4.69) is 0 Å². The van der Waals surface area contributed by atoms with Gasteiger partial charge in [-0.2, -0.15) is 0 Å². The molecule has 12 heavy (non-hydrogen) atoms. The molecule has 1 aromatic carbocycles. The Morgan fingerprint density at radius 1 is 1.58 bits per heavy atom. The molecule has 0 spiro atoms. The van der Waals surface area contributed by atoms with Crippen LogP contribution in [0.4, 0.5) is 0 Å². The van der Waals surface area contributed by atoms with Crippen molar-refractivity contribution in [3.63, 3.8) is 0 Å². The van der Waals surface area contributed by atoms with Crippen molar-refractivity contribution < 1.29 is 14.6 Å². The maximum Gasteiger partial charge on any atom is 0.182 e. The molecule has 0 bridgehead atoms. The average Bonchev–Trinajstić information content (AvgIpc) is 2.48. The van der Waals surface area contributed by atoms with Gasteiger partial charge in [0.2, 0.25) is 0 Å². The van der Waals surface area contributed by atoms with Crippen molar-refractivity contribution in [3.05, 3.63) is 29.3 Å². The summed E-state index contributed by atoms with van der Waals surface area (Å²) >= 11 is 0. The minimum atomic E-state index is -0.782. The second-order valence-corrected chi connectivity index (χ2v) is 2.69. The molecule has 3 nitrogen and oxygen atoms in total. The number of hydrogen-bond donors (Lipinski definition) is 1. The number of fused-ring (bicyclic) bond motifs is 1. The van der Waals surface area contributed by atoms with Crippen LogP contribution in [0.1, 0.15) is 17.4 Å². The van der Waals surface area contributed by atoms with Crippen molar-refractivity contribution in [2.75, 3.05) is 7.11 Å². The molecular formula is C9H10O3. The van der Waals surface area contributed by atoms with Gasteiger partial charge in [-0.1, -0.05) is 12.1 Å². The van der Waals surface area contributed by atoms with Crippen molar-refractivity contribution in [2.24, 2.45) is 0 Å². The molecule has 1 heterocycles. The lowest BCUT2D eigenvalue weighted by Gasteiger charge is -2.05. The summed E-state index contributed by atoms with van der Waals surface area (Å²) in [7, 11) is 1.61. The topological polar surface area (TPSA) is 38.7 Å². The summed E-state index contributed by atoms with van der Waals surface area (Å²) in [6, 6.07) is 5.55. The molecular weight excluding hydrogens is 156 g/mol. The van der Waals surface area contributed by atoms with E-state index in [1.807, 2.05) is 18.2 Å². The Morgan fingerprint density at radius 3 is 3.17 bits per heavy atom. The summed E-state index contributed by atoms with van der Waals surface area (Å²) in [6.07, 6.45) is -0.782. The number of benzene rings is 1. The number of aliphatic hydroxyl groups excluding tert-OH is 1. The van der Waals surface area contributed by atoms with E-state index < -0.39 is 6.29 Å². The van der Waals surface area contributed by atoms with Gasteiger partial charge in [-0.3, -0.25) is 0 Å². The van der Waals surface area contributed by atoms with Crippen LogP contribution >= 0.6 is 0 Å². The summed E-state index contributed by atoms with van der Waals surface area (Å²) < 4.78 is 10.2. The molecule has 1 aliphatic rings. The smallest absolute Gasteiger partial charge is 0.182 e. The summed E-state index contributed by atoms with van der Waals surface area (Å²) in [5, 5.41) is 9.32. The van der Waals surface area contributed by atoms with Crippen LogP contribution in [-0.2, 0) is 11.3 Å². The van der Waals surface area contributed by atoms with E-state index in [0.717, 1.165) is 16.9 Å². The fraction of sp³-hybridized carbons (Fsp3) is 0.333. The van der Waals surface area contributed by atoms with Gasteiger partial charge in [-0.25, -0.2) is 0 Å². The summed E-state index contributed by atoms with van der Waals surface area (Å²) in [6.45, 7) is 0.431. The monoisotopic (exact) mass is 166 g/mol. The van der Waals surface area contributed by atoms with Crippen LogP contribution in [0, 0.1) is 0 Å². The Kier molecular flexibility index (Phi) is 1.75. The molecule has 1 N–H and O–H groups in total. The number of hydrogen-bond acceptors (Lipinski definition) is 3. The average molecular weight is 166 g/mol. The van der Waals surface area contributed by atoms with Crippen LogP contribution in [-0.4, -0.2) is 12.2 Å². The molecule has 0 fully saturated rings. The van der Waals surface area contributed by atoms with Crippen molar-refractivity contribution in [1.82, 2.24) is 0 Å². The van der Waals surface area contributed by atoms with Crippen molar-refractivity contribution in [1.29, 1.82) is 0 Å². The van der Waals surface area contributed by atoms with Crippen molar-refractivity contribution in [2.45, 2.75) is 12.9 Å². The Bertz CT molecular complexity index is 296. The zero-order chi connectivity index (χ0) is 8.55. The van der Waals surface area contributed by atoms with Gasteiger partial charge in [0.25, 0.3) is 0 Å². The molecule has 0 aromatic heterocycles. The highest BCUT2D eigenvalue weighted by Gasteiger charge is 2.23. The van der Waals surface area contributed by atoms with Gasteiger partial charge in [-0.15, -0.1) is 0 Å². The quantitative estimate of drug-likeness (QED) is 0.681. The Morgan fingerprint density at radius 2 is 2.42 bits per heavy atom. The summed E-state index contributed by atoms with van der Waals surface area (Å²) in [4.78, 5) is 0. The zero-order valence-corrected chi connectivity index (χ0v) is 6.78. The zero-order valence-electron chi connectivity index (χ0n) is 6.78. The lowest BCUT2D eigenvalue weighted by atomic mass is 10.1. The third-order valence-corrected chi connectivity index (χ3v) is 2.04. The van der Waals surface area contributed by atoms with Crippen LogP contribution in [0.25, 0.3) is 0 Å². The minimum Gasteiger partial charge on any atom is -0.496 e. The maximum atomic E-state index is 9.32. The largest absolute Gasteiger partial charge is 0.496 e. The predicted octanol–water partition coefficient (Wildman–Crippen LogP) is 1.22. The third-order valence-electron chi connectivity index (χ3n) is 2.04. The van der Waals surface area contributed by atoms with Gasteiger partial charge in [-0.05, 0) is 6.07 Å². The fourth-order valence-electron chi connectivity index (χ4n) is 1.41. The molecule has 3 heteroatoms. The number of aliphatic hydroxyl groups is 1. The normalized spacial score (nSPS) is 20.7. The van der Waals surface area contributed by atoms with Crippen LogP contribution in [0.3, 0.4) is 0 Å². The highest BCUT2D eigenvalue weighted by molar-refractivity contribution is 5.42. The molecule has 2 rings (SSSR count). The van der Waals surface area contributed by atoms with Crippen LogP contribution in [0.5, 0.6) is 5.75 Å². The second kappa shape index (κ2) is 2.77. The molecule has 1 atom stereocenters. The van der Waals surface area contributed by atoms with E-state index in [-0.39, 0.29) is 0 Å². The third kappa shape index (κ3) is 0.983. The van der Waals surface area contributed by atoms with Crippen LogP contribution < -0.4 is 4.74 Å². The Labute approximate surface area is 70.5 Å². The molecule has 0 saturated heterocycles. The summed E-state index contributed by atoms with van der Waals surface area (Å²) in [5.41, 5.74) is 1.77. The Balaban J connectivity index is 2.50. The summed E-state index contributed by atoms with van der Waals surface area (Å²) in [5.74, 6) is 0.782. The van der Waals surface area contributed by atoms with Gasteiger partial charge in [0, 0.05) is 11.1 Å². The van der Waals surface area contributed by atoms with E-state index in [1.54, 1.807) is 7.11 Å². The first-order valence-electron chi connectivity index (χ1n) is 3.78. The van der Waals surface area contributed by atoms with E-state index >= 15 is 0 Å². The molecule has 0 saturated carbocycles. The highest BCUT2D eigenvalue weighted by Crippen LogP contribution is 2.34. The van der Waals surface area contributed by atoms with E-state index in [0.29, 0.717) is 6.61 Å². The van der Waals surface area contributed by atoms with E-state index in [9.17, 15) is 5.11 Å². The van der Waals surface area contributed by atoms with Crippen LogP contribution in [0.2, 0.25) is 0 Å².